The molecule has 1 aliphatic rings. The molecule has 1 aromatic carbocycles. The molecule has 86 valence electrons. The monoisotopic (exact) mass is 218 g/mol. The molecule has 1 aliphatic heterocycles. The quantitative estimate of drug-likeness (QED) is 0.721. The molecule has 0 N–H and O–H groups in total. The summed E-state index contributed by atoms with van der Waals surface area (Å²) >= 11 is 0. The van der Waals surface area contributed by atoms with E-state index in [9.17, 15) is 4.79 Å². The Hall–Kier alpha value is -1.35. The van der Waals surface area contributed by atoms with Gasteiger partial charge in [-0.05, 0) is 44.8 Å². The maximum absolute atomic E-state index is 10.6. The van der Waals surface area contributed by atoms with Crippen LogP contribution in [0.5, 0.6) is 0 Å². The van der Waals surface area contributed by atoms with E-state index in [1.165, 1.54) is 12.1 Å². The Morgan fingerprint density at radius 2 is 2.00 bits per heavy atom. The highest BCUT2D eigenvalue weighted by molar-refractivity contribution is 5.75. The van der Waals surface area contributed by atoms with Gasteiger partial charge < -0.3 is 9.80 Å². The van der Waals surface area contributed by atoms with Gasteiger partial charge in [0.1, 0.15) is 6.29 Å². The van der Waals surface area contributed by atoms with Gasteiger partial charge in [0.2, 0.25) is 0 Å². The van der Waals surface area contributed by atoms with Crippen LogP contribution in [0.25, 0.3) is 0 Å². The Balaban J connectivity index is 2.05. The number of nitrogens with zero attached hydrogens (tertiary/aromatic N) is 2. The predicted octanol–water partition coefficient (Wildman–Crippen LogP) is 1.64. The molecule has 2 rings (SSSR count). The fourth-order valence-corrected chi connectivity index (χ4v) is 2.16. The summed E-state index contributed by atoms with van der Waals surface area (Å²) in [6, 6.07) is 8.46. The molecular weight excluding hydrogens is 200 g/mol. The van der Waals surface area contributed by atoms with Crippen LogP contribution in [-0.2, 0) is 0 Å². The molecule has 1 fully saturated rings. The summed E-state index contributed by atoms with van der Waals surface area (Å²) in [5, 5.41) is 0. The van der Waals surface area contributed by atoms with Crippen molar-refractivity contribution in [3.8, 4) is 0 Å². The Morgan fingerprint density at radius 3 is 2.50 bits per heavy atom. The van der Waals surface area contributed by atoms with E-state index in [1.54, 1.807) is 0 Å². The van der Waals surface area contributed by atoms with E-state index >= 15 is 0 Å². The standard InChI is InChI=1S/C13H18N2O/c1-14(2)13-7-8-15(9-13)12-5-3-11(10-16)4-6-12/h3-6,10,13H,7-9H2,1-2H3/t13-/m1/s1. The van der Waals surface area contributed by atoms with Crippen LogP contribution in [0.3, 0.4) is 0 Å². The molecule has 0 radical (unpaired) electrons. The molecule has 1 heterocycles. The minimum atomic E-state index is 0.644. The number of aldehydes is 1. The normalized spacial score (nSPS) is 20.4. The fourth-order valence-electron chi connectivity index (χ4n) is 2.16. The molecule has 1 saturated heterocycles. The molecule has 0 aliphatic carbocycles. The van der Waals surface area contributed by atoms with E-state index < -0.39 is 0 Å². The van der Waals surface area contributed by atoms with Gasteiger partial charge in [-0.3, -0.25) is 4.79 Å². The lowest BCUT2D eigenvalue weighted by Gasteiger charge is -2.21. The molecule has 0 spiro atoms. The van der Waals surface area contributed by atoms with Gasteiger partial charge >= 0.3 is 0 Å². The summed E-state index contributed by atoms with van der Waals surface area (Å²) < 4.78 is 0. The number of carbonyl (C=O) groups is 1. The number of likely N-dealkylation sites (N-methyl/N-ethyl adjacent to an activating group) is 1. The summed E-state index contributed by atoms with van der Waals surface area (Å²) in [7, 11) is 4.26. The SMILES string of the molecule is CN(C)[C@@H]1CCN(c2ccc(C=O)cc2)C1. The van der Waals surface area contributed by atoms with Crippen molar-refractivity contribution in [1.82, 2.24) is 4.90 Å². The van der Waals surface area contributed by atoms with Gasteiger partial charge in [-0.2, -0.15) is 0 Å². The van der Waals surface area contributed by atoms with Gasteiger partial charge in [0.15, 0.2) is 0 Å². The summed E-state index contributed by atoms with van der Waals surface area (Å²) in [5.74, 6) is 0. The van der Waals surface area contributed by atoms with Crippen LogP contribution >= 0.6 is 0 Å². The summed E-state index contributed by atoms with van der Waals surface area (Å²) in [4.78, 5) is 15.2. The number of carbonyl (C=O) groups excluding carboxylic acids is 1. The number of hydrogen-bond donors (Lipinski definition) is 0. The van der Waals surface area contributed by atoms with Crippen molar-refractivity contribution in [2.45, 2.75) is 12.5 Å². The number of anilines is 1. The zero-order valence-corrected chi connectivity index (χ0v) is 9.89. The average molecular weight is 218 g/mol. The van der Waals surface area contributed by atoms with Crippen LogP contribution in [0.1, 0.15) is 16.8 Å². The summed E-state index contributed by atoms with van der Waals surface area (Å²) in [6.45, 7) is 2.18. The maximum atomic E-state index is 10.6. The van der Waals surface area contributed by atoms with Gasteiger partial charge in [-0.25, -0.2) is 0 Å². The van der Waals surface area contributed by atoms with Crippen LogP contribution in [0, 0.1) is 0 Å². The Bertz CT molecular complexity index is 359. The van der Waals surface area contributed by atoms with Crippen LogP contribution in [0.15, 0.2) is 24.3 Å². The molecular formula is C13H18N2O. The predicted molar refractivity (Wildman–Crippen MR) is 66.1 cm³/mol. The second-order valence-electron chi connectivity index (χ2n) is 4.56. The lowest BCUT2D eigenvalue weighted by atomic mass is 10.2. The van der Waals surface area contributed by atoms with E-state index in [2.05, 4.69) is 23.9 Å². The van der Waals surface area contributed by atoms with Crippen molar-refractivity contribution < 1.29 is 4.79 Å². The Morgan fingerprint density at radius 1 is 1.31 bits per heavy atom. The molecule has 0 saturated carbocycles. The van der Waals surface area contributed by atoms with Gasteiger partial charge in [-0.15, -0.1) is 0 Å². The van der Waals surface area contributed by atoms with Crippen LogP contribution in [-0.4, -0.2) is 44.4 Å². The highest BCUT2D eigenvalue weighted by Crippen LogP contribution is 2.22. The first-order valence-electron chi connectivity index (χ1n) is 5.67. The molecule has 0 aromatic heterocycles. The summed E-state index contributed by atoms with van der Waals surface area (Å²) in [5.41, 5.74) is 1.96. The van der Waals surface area contributed by atoms with E-state index in [1.807, 2.05) is 24.3 Å². The second kappa shape index (κ2) is 4.66. The molecule has 0 bridgehead atoms. The molecule has 0 amide bonds. The van der Waals surface area contributed by atoms with E-state index in [0.717, 1.165) is 24.9 Å². The number of benzene rings is 1. The second-order valence-corrected chi connectivity index (χ2v) is 4.56. The number of rotatable bonds is 3. The van der Waals surface area contributed by atoms with E-state index in [4.69, 9.17) is 0 Å². The van der Waals surface area contributed by atoms with Crippen molar-refractivity contribution in [3.63, 3.8) is 0 Å². The topological polar surface area (TPSA) is 23.6 Å². The molecule has 1 atom stereocenters. The maximum Gasteiger partial charge on any atom is 0.150 e. The Kier molecular flexibility index (Phi) is 3.25. The highest BCUT2D eigenvalue weighted by atomic mass is 16.1. The first-order chi connectivity index (χ1) is 7.70. The minimum absolute atomic E-state index is 0.644. The summed E-state index contributed by atoms with van der Waals surface area (Å²) in [6.07, 6.45) is 2.10. The van der Waals surface area contributed by atoms with Crippen molar-refractivity contribution in [2.75, 3.05) is 32.1 Å². The molecule has 1 aromatic rings. The van der Waals surface area contributed by atoms with Crippen molar-refractivity contribution in [1.29, 1.82) is 0 Å². The van der Waals surface area contributed by atoms with Crippen LogP contribution in [0.2, 0.25) is 0 Å². The van der Waals surface area contributed by atoms with Crippen molar-refractivity contribution in [2.24, 2.45) is 0 Å². The number of hydrogen-bond acceptors (Lipinski definition) is 3. The van der Waals surface area contributed by atoms with E-state index in [0.29, 0.717) is 6.04 Å². The fraction of sp³-hybridized carbons (Fsp3) is 0.462. The zero-order valence-electron chi connectivity index (χ0n) is 9.89. The molecule has 0 unspecified atom stereocenters. The van der Waals surface area contributed by atoms with E-state index in [-0.39, 0.29) is 0 Å². The van der Waals surface area contributed by atoms with Crippen molar-refractivity contribution in [3.05, 3.63) is 29.8 Å². The Labute approximate surface area is 96.7 Å². The minimum Gasteiger partial charge on any atom is -0.370 e. The third-order valence-corrected chi connectivity index (χ3v) is 3.29. The van der Waals surface area contributed by atoms with Gasteiger partial charge in [0.05, 0.1) is 0 Å². The first-order valence-corrected chi connectivity index (χ1v) is 5.67. The molecule has 16 heavy (non-hydrogen) atoms. The van der Waals surface area contributed by atoms with Crippen LogP contribution < -0.4 is 4.90 Å². The first kappa shape index (κ1) is 11.1. The van der Waals surface area contributed by atoms with Gasteiger partial charge in [0, 0.05) is 30.4 Å². The third-order valence-electron chi connectivity index (χ3n) is 3.29. The third kappa shape index (κ3) is 2.25. The largest absolute Gasteiger partial charge is 0.370 e. The highest BCUT2D eigenvalue weighted by Gasteiger charge is 2.23. The lowest BCUT2D eigenvalue weighted by molar-refractivity contribution is 0.112. The average Bonchev–Trinajstić information content (AvgIpc) is 2.78. The lowest BCUT2D eigenvalue weighted by Crippen LogP contribution is -2.31. The van der Waals surface area contributed by atoms with Crippen LogP contribution in [0.4, 0.5) is 5.69 Å². The van der Waals surface area contributed by atoms with Gasteiger partial charge in [0.25, 0.3) is 0 Å². The van der Waals surface area contributed by atoms with Gasteiger partial charge in [-0.1, -0.05) is 0 Å². The molecule has 3 heteroatoms. The van der Waals surface area contributed by atoms with Crippen molar-refractivity contribution >= 4 is 12.0 Å². The molecule has 3 nitrogen and oxygen atoms in total. The zero-order chi connectivity index (χ0) is 11.5. The smallest absolute Gasteiger partial charge is 0.150 e.